The summed E-state index contributed by atoms with van der Waals surface area (Å²) in [6.07, 6.45) is 3.18. The Labute approximate surface area is 123 Å². The van der Waals surface area contributed by atoms with Crippen molar-refractivity contribution in [3.05, 3.63) is 53.9 Å². The molecular weight excluding hydrogens is 268 g/mol. The van der Waals surface area contributed by atoms with E-state index in [1.807, 2.05) is 25.1 Å². The molecule has 2 rings (SSSR count). The number of hydrogen-bond acceptors (Lipinski definition) is 4. The van der Waals surface area contributed by atoms with Gasteiger partial charge in [0.1, 0.15) is 11.5 Å². The molecule has 1 N–H and O–H groups in total. The van der Waals surface area contributed by atoms with E-state index in [-0.39, 0.29) is 11.9 Å². The average molecular weight is 286 g/mol. The third-order valence-corrected chi connectivity index (χ3v) is 3.19. The van der Waals surface area contributed by atoms with Gasteiger partial charge in [0, 0.05) is 23.5 Å². The number of hydrogen-bond donors (Lipinski definition) is 1. The highest BCUT2D eigenvalue weighted by molar-refractivity contribution is 5.94. The lowest BCUT2D eigenvalue weighted by atomic mass is 10.1. The molecule has 0 spiro atoms. The van der Waals surface area contributed by atoms with Gasteiger partial charge in [0.2, 0.25) is 0 Å². The SMILES string of the molecule is COc1ccc(OC)c([C@@H](C)NC(=O)c2ccncc2)c1. The molecule has 0 saturated heterocycles. The van der Waals surface area contributed by atoms with Gasteiger partial charge in [-0.3, -0.25) is 9.78 Å². The zero-order chi connectivity index (χ0) is 15.2. The topological polar surface area (TPSA) is 60.5 Å². The summed E-state index contributed by atoms with van der Waals surface area (Å²) in [6.45, 7) is 1.90. The van der Waals surface area contributed by atoms with Crippen LogP contribution in [-0.4, -0.2) is 25.1 Å². The lowest BCUT2D eigenvalue weighted by Crippen LogP contribution is -2.26. The van der Waals surface area contributed by atoms with Gasteiger partial charge in [-0.05, 0) is 37.3 Å². The number of ether oxygens (including phenoxy) is 2. The van der Waals surface area contributed by atoms with E-state index in [1.165, 1.54) is 0 Å². The molecule has 0 aliphatic heterocycles. The first-order valence-corrected chi connectivity index (χ1v) is 6.58. The maximum atomic E-state index is 12.2. The van der Waals surface area contributed by atoms with Crippen molar-refractivity contribution in [3.63, 3.8) is 0 Å². The number of aromatic nitrogens is 1. The predicted molar refractivity (Wildman–Crippen MR) is 79.7 cm³/mol. The quantitative estimate of drug-likeness (QED) is 0.917. The Kier molecular flexibility index (Phi) is 4.77. The van der Waals surface area contributed by atoms with Gasteiger partial charge in [-0.15, -0.1) is 0 Å². The van der Waals surface area contributed by atoms with Gasteiger partial charge in [0.15, 0.2) is 0 Å². The van der Waals surface area contributed by atoms with Gasteiger partial charge in [0.25, 0.3) is 5.91 Å². The zero-order valence-corrected chi connectivity index (χ0v) is 12.3. The van der Waals surface area contributed by atoms with Crippen LogP contribution >= 0.6 is 0 Å². The van der Waals surface area contributed by atoms with Crippen molar-refractivity contribution < 1.29 is 14.3 Å². The molecule has 2 aromatic rings. The van der Waals surface area contributed by atoms with Crippen LogP contribution in [0, 0.1) is 0 Å². The van der Waals surface area contributed by atoms with Crippen LogP contribution in [0.4, 0.5) is 0 Å². The molecule has 0 saturated carbocycles. The second kappa shape index (κ2) is 6.74. The molecule has 0 bridgehead atoms. The molecular formula is C16H18N2O3. The van der Waals surface area contributed by atoms with Crippen LogP contribution in [0.15, 0.2) is 42.7 Å². The summed E-state index contributed by atoms with van der Waals surface area (Å²) < 4.78 is 10.6. The van der Waals surface area contributed by atoms with Crippen molar-refractivity contribution >= 4 is 5.91 Å². The van der Waals surface area contributed by atoms with E-state index < -0.39 is 0 Å². The molecule has 0 aliphatic rings. The van der Waals surface area contributed by atoms with Gasteiger partial charge in [-0.2, -0.15) is 0 Å². The second-order valence-corrected chi connectivity index (χ2v) is 4.54. The van der Waals surface area contributed by atoms with E-state index in [1.54, 1.807) is 38.7 Å². The largest absolute Gasteiger partial charge is 0.497 e. The summed E-state index contributed by atoms with van der Waals surface area (Å²) in [5.41, 5.74) is 1.43. The number of nitrogens with one attached hydrogen (secondary N) is 1. The number of benzene rings is 1. The fourth-order valence-electron chi connectivity index (χ4n) is 2.04. The molecule has 0 fully saturated rings. The van der Waals surface area contributed by atoms with E-state index >= 15 is 0 Å². The number of amides is 1. The van der Waals surface area contributed by atoms with E-state index in [2.05, 4.69) is 10.3 Å². The first-order valence-electron chi connectivity index (χ1n) is 6.58. The van der Waals surface area contributed by atoms with Crippen molar-refractivity contribution in [2.45, 2.75) is 13.0 Å². The third kappa shape index (κ3) is 3.51. The van der Waals surface area contributed by atoms with Crippen LogP contribution in [-0.2, 0) is 0 Å². The summed E-state index contributed by atoms with van der Waals surface area (Å²) >= 11 is 0. The van der Waals surface area contributed by atoms with Crippen LogP contribution in [0.3, 0.4) is 0 Å². The van der Waals surface area contributed by atoms with Crippen molar-refractivity contribution in [2.75, 3.05) is 14.2 Å². The molecule has 0 radical (unpaired) electrons. The zero-order valence-electron chi connectivity index (χ0n) is 12.3. The van der Waals surface area contributed by atoms with Crippen LogP contribution in [0.25, 0.3) is 0 Å². The summed E-state index contributed by atoms with van der Waals surface area (Å²) in [5, 5.41) is 2.94. The second-order valence-electron chi connectivity index (χ2n) is 4.54. The van der Waals surface area contributed by atoms with Gasteiger partial charge in [-0.1, -0.05) is 0 Å². The molecule has 1 atom stereocenters. The monoisotopic (exact) mass is 286 g/mol. The van der Waals surface area contributed by atoms with Crippen molar-refractivity contribution in [3.8, 4) is 11.5 Å². The van der Waals surface area contributed by atoms with Gasteiger partial charge in [0.05, 0.1) is 20.3 Å². The van der Waals surface area contributed by atoms with Crippen LogP contribution in [0.1, 0.15) is 28.9 Å². The number of carbonyl (C=O) groups is 1. The molecule has 1 heterocycles. The first kappa shape index (κ1) is 14.8. The molecule has 1 aromatic heterocycles. The maximum absolute atomic E-state index is 12.2. The fraction of sp³-hybridized carbons (Fsp3) is 0.250. The molecule has 110 valence electrons. The van der Waals surface area contributed by atoms with Crippen LogP contribution < -0.4 is 14.8 Å². The Morgan fingerprint density at radius 1 is 1.14 bits per heavy atom. The number of pyridine rings is 1. The Morgan fingerprint density at radius 3 is 2.48 bits per heavy atom. The number of nitrogens with zero attached hydrogens (tertiary/aromatic N) is 1. The van der Waals surface area contributed by atoms with E-state index in [4.69, 9.17) is 9.47 Å². The molecule has 21 heavy (non-hydrogen) atoms. The fourth-order valence-corrected chi connectivity index (χ4v) is 2.04. The van der Waals surface area contributed by atoms with Crippen molar-refractivity contribution in [1.29, 1.82) is 0 Å². The van der Waals surface area contributed by atoms with Gasteiger partial charge < -0.3 is 14.8 Å². The van der Waals surface area contributed by atoms with Crippen LogP contribution in [0.5, 0.6) is 11.5 Å². The Morgan fingerprint density at radius 2 is 1.86 bits per heavy atom. The Bertz CT molecular complexity index is 614. The number of methoxy groups -OCH3 is 2. The Balaban J connectivity index is 2.20. The standard InChI is InChI=1S/C16H18N2O3/c1-11(18-16(19)12-6-8-17-9-7-12)14-10-13(20-2)4-5-15(14)21-3/h4-11H,1-3H3,(H,18,19)/t11-/m1/s1. The average Bonchev–Trinajstić information content (AvgIpc) is 2.54. The van der Waals surface area contributed by atoms with Gasteiger partial charge >= 0.3 is 0 Å². The highest BCUT2D eigenvalue weighted by atomic mass is 16.5. The summed E-state index contributed by atoms with van der Waals surface area (Å²) in [5.74, 6) is 1.27. The van der Waals surface area contributed by atoms with E-state index in [0.717, 1.165) is 11.3 Å². The van der Waals surface area contributed by atoms with Crippen molar-refractivity contribution in [1.82, 2.24) is 10.3 Å². The lowest BCUT2D eigenvalue weighted by Gasteiger charge is -2.18. The summed E-state index contributed by atoms with van der Waals surface area (Å²) in [6, 6.07) is 8.63. The maximum Gasteiger partial charge on any atom is 0.251 e. The highest BCUT2D eigenvalue weighted by Crippen LogP contribution is 2.29. The predicted octanol–water partition coefficient (Wildman–Crippen LogP) is 2.59. The molecule has 5 nitrogen and oxygen atoms in total. The summed E-state index contributed by atoms with van der Waals surface area (Å²) in [7, 11) is 3.20. The minimum absolute atomic E-state index is 0.158. The minimum Gasteiger partial charge on any atom is -0.497 e. The van der Waals surface area contributed by atoms with E-state index in [9.17, 15) is 4.79 Å². The minimum atomic E-state index is -0.212. The highest BCUT2D eigenvalue weighted by Gasteiger charge is 2.16. The molecule has 1 aromatic carbocycles. The van der Waals surface area contributed by atoms with Crippen molar-refractivity contribution in [2.24, 2.45) is 0 Å². The van der Waals surface area contributed by atoms with Crippen LogP contribution in [0.2, 0.25) is 0 Å². The molecule has 0 aliphatic carbocycles. The normalized spacial score (nSPS) is 11.6. The molecule has 0 unspecified atom stereocenters. The van der Waals surface area contributed by atoms with Gasteiger partial charge in [-0.25, -0.2) is 0 Å². The smallest absolute Gasteiger partial charge is 0.251 e. The third-order valence-electron chi connectivity index (χ3n) is 3.19. The first-order chi connectivity index (χ1) is 10.2. The number of carbonyl (C=O) groups excluding carboxylic acids is 1. The van der Waals surface area contributed by atoms with E-state index in [0.29, 0.717) is 11.3 Å². The molecule has 1 amide bonds. The Hall–Kier alpha value is -2.56. The molecule has 5 heteroatoms. The lowest BCUT2D eigenvalue weighted by molar-refractivity contribution is 0.0939. The number of rotatable bonds is 5. The summed E-state index contributed by atoms with van der Waals surface area (Å²) in [4.78, 5) is 16.1.